The summed E-state index contributed by atoms with van der Waals surface area (Å²) in [6, 6.07) is 4.60. The van der Waals surface area contributed by atoms with Crippen molar-refractivity contribution in [3.05, 3.63) is 41.7 Å². The highest BCUT2D eigenvalue weighted by Crippen LogP contribution is 2.17. The molecule has 14 heavy (non-hydrogen) atoms. The van der Waals surface area contributed by atoms with Crippen molar-refractivity contribution in [2.75, 3.05) is 0 Å². The molecule has 0 radical (unpaired) electrons. The summed E-state index contributed by atoms with van der Waals surface area (Å²) in [7, 11) is 0. The summed E-state index contributed by atoms with van der Waals surface area (Å²) in [4.78, 5) is 10.6. The molecule has 0 fully saturated rings. The molecule has 0 aliphatic heterocycles. The normalized spacial score (nSPS) is 9.86. The van der Waals surface area contributed by atoms with Gasteiger partial charge in [-0.1, -0.05) is 18.7 Å². The lowest BCUT2D eigenvalue weighted by Crippen LogP contribution is -2.13. The minimum atomic E-state index is -0.465. The Labute approximate surface area is 82.2 Å². The van der Waals surface area contributed by atoms with Crippen molar-refractivity contribution in [1.82, 2.24) is 0 Å². The fraction of sp³-hybridized carbons (Fsp3) is 0.182. The third-order valence-corrected chi connectivity index (χ3v) is 1.87. The number of nitrogens with two attached hydrogens (primary N) is 1. The smallest absolute Gasteiger partial charge is 0.221 e. The first kappa shape index (κ1) is 10.4. The van der Waals surface area contributed by atoms with Gasteiger partial charge in [0.25, 0.3) is 0 Å². The van der Waals surface area contributed by atoms with Crippen LogP contribution < -0.4 is 5.73 Å². The number of halogens is 1. The average Bonchev–Trinajstić information content (AvgIpc) is 2.01. The van der Waals surface area contributed by atoms with Gasteiger partial charge in [0.1, 0.15) is 5.82 Å². The second-order valence-electron chi connectivity index (χ2n) is 3.24. The van der Waals surface area contributed by atoms with Crippen molar-refractivity contribution < 1.29 is 9.18 Å². The van der Waals surface area contributed by atoms with Crippen molar-refractivity contribution >= 4 is 11.5 Å². The lowest BCUT2D eigenvalue weighted by Gasteiger charge is -2.04. The molecule has 1 aromatic carbocycles. The van der Waals surface area contributed by atoms with Crippen LogP contribution in [0.1, 0.15) is 18.1 Å². The van der Waals surface area contributed by atoms with Crippen molar-refractivity contribution in [2.45, 2.75) is 13.3 Å². The van der Waals surface area contributed by atoms with E-state index in [1.807, 2.05) is 0 Å². The lowest BCUT2D eigenvalue weighted by atomic mass is 10.0. The first-order chi connectivity index (χ1) is 6.50. The van der Waals surface area contributed by atoms with E-state index >= 15 is 0 Å². The minimum absolute atomic E-state index is 0.0629. The quantitative estimate of drug-likeness (QED) is 0.782. The van der Waals surface area contributed by atoms with Crippen LogP contribution in [0, 0.1) is 5.82 Å². The molecule has 74 valence electrons. The van der Waals surface area contributed by atoms with Crippen LogP contribution in [-0.2, 0) is 11.2 Å². The SMILES string of the molecule is C=C(C)c1ccc(CC(N)=O)cc1F. The molecule has 2 N–H and O–H groups in total. The van der Waals surface area contributed by atoms with E-state index in [0.717, 1.165) is 0 Å². The molecule has 0 bridgehead atoms. The Morgan fingerprint density at radius 1 is 1.57 bits per heavy atom. The number of amides is 1. The fourth-order valence-corrected chi connectivity index (χ4v) is 1.22. The van der Waals surface area contributed by atoms with Gasteiger partial charge in [-0.2, -0.15) is 0 Å². The van der Waals surface area contributed by atoms with Gasteiger partial charge in [-0.3, -0.25) is 4.79 Å². The molecule has 1 amide bonds. The molecule has 0 saturated carbocycles. The number of hydrogen-bond acceptors (Lipinski definition) is 1. The molecule has 1 rings (SSSR count). The molecule has 0 aromatic heterocycles. The molecular formula is C11H12FNO. The molecule has 0 unspecified atom stereocenters. The van der Waals surface area contributed by atoms with E-state index in [1.54, 1.807) is 19.1 Å². The van der Waals surface area contributed by atoms with E-state index in [-0.39, 0.29) is 12.2 Å². The summed E-state index contributed by atoms with van der Waals surface area (Å²) in [5, 5.41) is 0. The predicted octanol–water partition coefficient (Wildman–Crippen LogP) is 1.89. The van der Waals surface area contributed by atoms with E-state index in [0.29, 0.717) is 16.7 Å². The Morgan fingerprint density at radius 2 is 2.21 bits per heavy atom. The van der Waals surface area contributed by atoms with Crippen molar-refractivity contribution in [3.8, 4) is 0 Å². The first-order valence-corrected chi connectivity index (χ1v) is 4.23. The number of allylic oxidation sites excluding steroid dienone is 1. The van der Waals surface area contributed by atoms with Crippen LogP contribution in [0.3, 0.4) is 0 Å². The van der Waals surface area contributed by atoms with Crippen molar-refractivity contribution in [1.29, 1.82) is 0 Å². The van der Waals surface area contributed by atoms with Gasteiger partial charge < -0.3 is 5.73 Å². The summed E-state index contributed by atoms with van der Waals surface area (Å²) in [5.74, 6) is -0.830. The Bertz CT molecular complexity index is 385. The molecule has 0 saturated heterocycles. The topological polar surface area (TPSA) is 43.1 Å². The Morgan fingerprint density at radius 3 is 2.64 bits per heavy atom. The number of benzene rings is 1. The highest BCUT2D eigenvalue weighted by atomic mass is 19.1. The molecule has 0 aliphatic carbocycles. The molecular weight excluding hydrogens is 181 g/mol. The van der Waals surface area contributed by atoms with Crippen LogP contribution in [-0.4, -0.2) is 5.91 Å². The van der Waals surface area contributed by atoms with Gasteiger partial charge in [-0.25, -0.2) is 4.39 Å². The molecule has 3 heteroatoms. The molecule has 0 aliphatic rings. The zero-order chi connectivity index (χ0) is 10.7. The van der Waals surface area contributed by atoms with Crippen LogP contribution in [0.4, 0.5) is 4.39 Å². The van der Waals surface area contributed by atoms with Gasteiger partial charge >= 0.3 is 0 Å². The number of hydrogen-bond donors (Lipinski definition) is 1. The second-order valence-corrected chi connectivity index (χ2v) is 3.24. The third-order valence-electron chi connectivity index (χ3n) is 1.87. The molecule has 2 nitrogen and oxygen atoms in total. The molecule has 1 aromatic rings. The average molecular weight is 193 g/mol. The van der Waals surface area contributed by atoms with E-state index in [2.05, 4.69) is 6.58 Å². The lowest BCUT2D eigenvalue weighted by molar-refractivity contribution is -0.117. The van der Waals surface area contributed by atoms with Gasteiger partial charge in [-0.05, 0) is 24.1 Å². The zero-order valence-corrected chi connectivity index (χ0v) is 8.01. The van der Waals surface area contributed by atoms with Gasteiger partial charge in [0.2, 0.25) is 5.91 Å². The maximum Gasteiger partial charge on any atom is 0.221 e. The minimum Gasteiger partial charge on any atom is -0.369 e. The highest BCUT2D eigenvalue weighted by Gasteiger charge is 2.05. The monoisotopic (exact) mass is 193 g/mol. The Kier molecular flexibility index (Phi) is 3.02. The molecule has 0 spiro atoms. The molecule has 0 atom stereocenters. The van der Waals surface area contributed by atoms with Crippen LogP contribution in [0.2, 0.25) is 0 Å². The Hall–Kier alpha value is -1.64. The zero-order valence-electron chi connectivity index (χ0n) is 8.01. The second kappa shape index (κ2) is 4.05. The largest absolute Gasteiger partial charge is 0.369 e. The van der Waals surface area contributed by atoms with E-state index in [4.69, 9.17) is 5.73 Å². The van der Waals surface area contributed by atoms with Crippen LogP contribution in [0.5, 0.6) is 0 Å². The fourth-order valence-electron chi connectivity index (χ4n) is 1.22. The summed E-state index contributed by atoms with van der Waals surface area (Å²) in [6.07, 6.45) is 0.0629. The number of primary amides is 1. The van der Waals surface area contributed by atoms with Gasteiger partial charge in [-0.15, -0.1) is 0 Å². The third kappa shape index (κ3) is 2.42. The van der Waals surface area contributed by atoms with Gasteiger partial charge in [0.05, 0.1) is 6.42 Å². The van der Waals surface area contributed by atoms with E-state index < -0.39 is 5.91 Å². The van der Waals surface area contributed by atoms with Crippen LogP contribution in [0.25, 0.3) is 5.57 Å². The van der Waals surface area contributed by atoms with Gasteiger partial charge in [0.15, 0.2) is 0 Å². The maximum absolute atomic E-state index is 13.3. The van der Waals surface area contributed by atoms with Crippen LogP contribution >= 0.6 is 0 Å². The van der Waals surface area contributed by atoms with Gasteiger partial charge in [0, 0.05) is 5.56 Å². The standard InChI is InChI=1S/C11H12FNO/c1-7(2)9-4-3-8(5-10(9)12)6-11(13)14/h3-5H,1,6H2,2H3,(H2,13,14). The molecule has 0 heterocycles. The van der Waals surface area contributed by atoms with E-state index in [1.165, 1.54) is 6.07 Å². The maximum atomic E-state index is 13.3. The van der Waals surface area contributed by atoms with Crippen LogP contribution in [0.15, 0.2) is 24.8 Å². The Balaban J connectivity index is 3.00. The van der Waals surface area contributed by atoms with Crippen molar-refractivity contribution in [2.24, 2.45) is 5.73 Å². The number of carbonyl (C=O) groups excluding carboxylic acids is 1. The van der Waals surface area contributed by atoms with Crippen molar-refractivity contribution in [3.63, 3.8) is 0 Å². The number of rotatable bonds is 3. The highest BCUT2D eigenvalue weighted by molar-refractivity contribution is 5.76. The summed E-state index contributed by atoms with van der Waals surface area (Å²) in [6.45, 7) is 5.37. The summed E-state index contributed by atoms with van der Waals surface area (Å²) < 4.78 is 13.3. The summed E-state index contributed by atoms with van der Waals surface area (Å²) in [5.41, 5.74) is 6.71. The van der Waals surface area contributed by atoms with E-state index in [9.17, 15) is 9.18 Å². The summed E-state index contributed by atoms with van der Waals surface area (Å²) >= 11 is 0. The predicted molar refractivity (Wildman–Crippen MR) is 54.0 cm³/mol. The number of carbonyl (C=O) groups is 1. The first-order valence-electron chi connectivity index (χ1n) is 4.23.